The number of nitrogens with zero attached hydrogens (tertiary/aromatic N) is 3. The second-order valence-corrected chi connectivity index (χ2v) is 16.7. The summed E-state index contributed by atoms with van der Waals surface area (Å²) in [7, 11) is 0. The van der Waals surface area contributed by atoms with E-state index in [1.54, 1.807) is 19.2 Å². The Bertz CT molecular complexity index is 1620. The Morgan fingerprint density at radius 3 is 2.38 bits per heavy atom. The molecule has 1 aliphatic heterocycles. The van der Waals surface area contributed by atoms with Crippen LogP contribution >= 0.6 is 6.89 Å². The van der Waals surface area contributed by atoms with Crippen LogP contribution in [0.15, 0.2) is 65.8 Å². The maximum atomic E-state index is 12.7. The van der Waals surface area contributed by atoms with Gasteiger partial charge in [-0.2, -0.15) is 4.98 Å². The van der Waals surface area contributed by atoms with E-state index in [2.05, 4.69) is 29.6 Å². The smallest absolute Gasteiger partial charge is 0.433 e. The van der Waals surface area contributed by atoms with Gasteiger partial charge in [0, 0.05) is 18.7 Å². The van der Waals surface area contributed by atoms with Crippen molar-refractivity contribution in [2.75, 3.05) is 38.4 Å². The zero-order valence-corrected chi connectivity index (χ0v) is 26.7. The number of aromatic nitrogens is 2. The summed E-state index contributed by atoms with van der Waals surface area (Å²) in [4.78, 5) is 33.9. The molecule has 1 aromatic heterocycles. The van der Waals surface area contributed by atoms with Gasteiger partial charge in [0.25, 0.3) is 0 Å². The molecule has 2 aliphatic rings. The lowest BCUT2D eigenvalue weighted by Gasteiger charge is -2.19. The van der Waals surface area contributed by atoms with Crippen LogP contribution in [0.4, 0.5) is 10.6 Å². The molecule has 11 nitrogen and oxygen atoms in total. The number of aliphatic hydroxyl groups is 2. The summed E-state index contributed by atoms with van der Waals surface area (Å²) in [5.74, 6) is -1.34. The molecule has 0 spiro atoms. The summed E-state index contributed by atoms with van der Waals surface area (Å²) >= 11 is 0. The number of benzene rings is 2. The molecule has 2 aromatic carbocycles. The molecule has 1 saturated heterocycles. The van der Waals surface area contributed by atoms with Crippen LogP contribution in [0.1, 0.15) is 43.0 Å². The van der Waals surface area contributed by atoms with Crippen molar-refractivity contribution in [3.63, 3.8) is 0 Å². The highest BCUT2D eigenvalue weighted by Gasteiger charge is 2.43. The molecule has 0 amide bonds. The van der Waals surface area contributed by atoms with Gasteiger partial charge in [0.05, 0.1) is 12.0 Å². The molecule has 12 heteroatoms. The van der Waals surface area contributed by atoms with Gasteiger partial charge in [0.15, 0.2) is 6.23 Å². The molecule has 240 valence electrons. The van der Waals surface area contributed by atoms with Crippen LogP contribution in [0.5, 0.6) is 0 Å². The number of esters is 1. The maximum absolute atomic E-state index is 12.7. The van der Waals surface area contributed by atoms with E-state index in [1.807, 2.05) is 48.5 Å². The number of rotatable bonds is 10. The van der Waals surface area contributed by atoms with Gasteiger partial charge in [-0.05, 0) is 60.7 Å². The Kier molecular flexibility index (Phi) is 9.94. The summed E-state index contributed by atoms with van der Waals surface area (Å²) in [5.41, 5.74) is 10.4. The fraction of sp³-hybridized carbons (Fsp3) is 0.424. The van der Waals surface area contributed by atoms with Gasteiger partial charge in [-0.15, -0.1) is 13.2 Å². The standard InChI is InChI=1S/C33H41N4O7P/c1-20(31(40)44-33(41)42-19-25-23-11-7-5-9-21(23)22-10-6-8-12-24(22)25)13-16-35-32-36-27(34)14-17-37(32)30-29(39)28(38)26(43-30)15-18-45(2,3)4/h5-12,14,17,20,25-26,28-30,38-39H,2,13,15-16,18-19H2,1,3-4H3,(H2,34,35,36)/t20?,26-,28-,29-,30?/m1/s1. The van der Waals surface area contributed by atoms with Gasteiger partial charge in [0.2, 0.25) is 5.62 Å². The van der Waals surface area contributed by atoms with Crippen molar-refractivity contribution in [2.24, 2.45) is 10.9 Å². The lowest BCUT2D eigenvalue weighted by molar-refractivity contribution is -0.144. The number of nitrogens with two attached hydrogens (primary N) is 1. The third kappa shape index (κ3) is 7.56. The minimum absolute atomic E-state index is 0.0459. The van der Waals surface area contributed by atoms with E-state index in [1.165, 1.54) is 4.57 Å². The summed E-state index contributed by atoms with van der Waals surface area (Å²) in [6.07, 6.45) is 2.61. The molecule has 0 saturated carbocycles. The zero-order valence-electron chi connectivity index (χ0n) is 25.8. The van der Waals surface area contributed by atoms with Crippen molar-refractivity contribution in [2.45, 2.75) is 50.2 Å². The number of hydrogen-bond donors (Lipinski definition) is 3. The minimum Gasteiger partial charge on any atom is -0.433 e. The summed E-state index contributed by atoms with van der Waals surface area (Å²) in [6.45, 7) is 4.69. The normalized spacial score (nSPS) is 22.1. The van der Waals surface area contributed by atoms with Gasteiger partial charge in [-0.3, -0.25) is 14.4 Å². The largest absolute Gasteiger partial charge is 0.516 e. The monoisotopic (exact) mass is 636 g/mol. The number of anilines is 1. The molecule has 0 bridgehead atoms. The Morgan fingerprint density at radius 2 is 1.73 bits per heavy atom. The molecule has 0 radical (unpaired) electrons. The SMILES string of the molecule is C=P(C)(C)CC[C@H]1OC(n2ccc(N)nc2=NCCC(C)C(=O)OC(=O)OCC2c3ccccc3-c3ccccc32)[C@H](O)[C@@H]1O. The lowest BCUT2D eigenvalue weighted by Crippen LogP contribution is -2.36. The predicted molar refractivity (Wildman–Crippen MR) is 173 cm³/mol. The number of fused-ring (bicyclic) bond motifs is 3. The van der Waals surface area contributed by atoms with Crippen molar-refractivity contribution < 1.29 is 34.0 Å². The minimum atomic E-state index is -1.34. The van der Waals surface area contributed by atoms with Crippen LogP contribution in [0, 0.1) is 5.92 Å². The lowest BCUT2D eigenvalue weighted by atomic mass is 9.98. The first-order valence-electron chi connectivity index (χ1n) is 15.0. The number of ether oxygens (including phenoxy) is 3. The van der Waals surface area contributed by atoms with Gasteiger partial charge >= 0.3 is 12.1 Å². The fourth-order valence-corrected chi connectivity index (χ4v) is 6.66. The molecule has 45 heavy (non-hydrogen) atoms. The van der Waals surface area contributed by atoms with Crippen LogP contribution in [-0.4, -0.2) is 89.1 Å². The van der Waals surface area contributed by atoms with E-state index in [0.717, 1.165) is 28.4 Å². The molecule has 2 unspecified atom stereocenters. The van der Waals surface area contributed by atoms with E-state index in [4.69, 9.17) is 19.9 Å². The van der Waals surface area contributed by atoms with Crippen molar-refractivity contribution in [1.29, 1.82) is 0 Å². The average molecular weight is 637 g/mol. The molecule has 1 aliphatic carbocycles. The van der Waals surface area contributed by atoms with E-state index < -0.39 is 49.5 Å². The molecule has 2 heterocycles. The van der Waals surface area contributed by atoms with Crippen molar-refractivity contribution in [3.05, 3.63) is 77.5 Å². The Balaban J connectivity index is 1.17. The van der Waals surface area contributed by atoms with Crippen molar-refractivity contribution >= 4 is 31.1 Å². The van der Waals surface area contributed by atoms with Crippen LogP contribution in [0.3, 0.4) is 0 Å². The van der Waals surface area contributed by atoms with Crippen LogP contribution in [0.25, 0.3) is 11.1 Å². The van der Waals surface area contributed by atoms with Crippen LogP contribution < -0.4 is 11.4 Å². The van der Waals surface area contributed by atoms with Crippen LogP contribution in [-0.2, 0) is 19.0 Å². The molecular formula is C33H41N4O7P. The Hall–Kier alpha value is -3.76. The number of hydrogen-bond acceptors (Lipinski definition) is 10. The second-order valence-electron chi connectivity index (χ2n) is 12.3. The molecule has 5 rings (SSSR count). The first-order chi connectivity index (χ1) is 21.4. The first-order valence-corrected chi connectivity index (χ1v) is 18.1. The van der Waals surface area contributed by atoms with E-state index >= 15 is 0 Å². The predicted octanol–water partition coefficient (Wildman–Crippen LogP) is 3.60. The van der Waals surface area contributed by atoms with Crippen molar-refractivity contribution in [1.82, 2.24) is 9.55 Å². The summed E-state index contributed by atoms with van der Waals surface area (Å²) < 4.78 is 17.9. The van der Waals surface area contributed by atoms with Crippen LogP contribution in [0.2, 0.25) is 0 Å². The maximum Gasteiger partial charge on any atom is 0.516 e. The second kappa shape index (κ2) is 13.7. The zero-order chi connectivity index (χ0) is 32.3. The molecule has 3 aromatic rings. The third-order valence-corrected chi connectivity index (χ3v) is 9.70. The topological polar surface area (TPSA) is 158 Å². The summed E-state index contributed by atoms with van der Waals surface area (Å²) in [5, 5.41) is 21.4. The van der Waals surface area contributed by atoms with Gasteiger partial charge in [-0.25, -0.2) is 4.79 Å². The van der Waals surface area contributed by atoms with Gasteiger partial charge in [0.1, 0.15) is 24.6 Å². The Labute approximate surface area is 262 Å². The highest BCUT2D eigenvalue weighted by Crippen LogP contribution is 2.44. The van der Waals surface area contributed by atoms with Gasteiger partial charge in [-0.1, -0.05) is 55.5 Å². The quantitative estimate of drug-likeness (QED) is 0.172. The highest BCUT2D eigenvalue weighted by atomic mass is 31.2. The first kappa shape index (κ1) is 32.6. The molecule has 5 atom stereocenters. The summed E-state index contributed by atoms with van der Waals surface area (Å²) in [6, 6.07) is 17.5. The number of carbonyl (C=O) groups is 2. The average Bonchev–Trinajstić information content (AvgIpc) is 3.48. The molecular weight excluding hydrogens is 595 g/mol. The third-order valence-electron chi connectivity index (χ3n) is 8.23. The fourth-order valence-electron chi connectivity index (χ4n) is 5.70. The van der Waals surface area contributed by atoms with Crippen molar-refractivity contribution in [3.8, 4) is 11.1 Å². The van der Waals surface area contributed by atoms with E-state index in [-0.39, 0.29) is 36.9 Å². The number of aliphatic hydroxyl groups excluding tert-OH is 2. The molecule has 4 N–H and O–H groups in total. The van der Waals surface area contributed by atoms with Gasteiger partial charge < -0.3 is 30.2 Å². The van der Waals surface area contributed by atoms with E-state index in [9.17, 15) is 19.8 Å². The Morgan fingerprint density at radius 1 is 1.09 bits per heavy atom. The number of nitrogen functional groups attached to an aromatic ring is 1. The highest BCUT2D eigenvalue weighted by molar-refractivity contribution is 7.72. The number of carbonyl (C=O) groups excluding carboxylic acids is 2. The molecule has 1 fully saturated rings. The van der Waals surface area contributed by atoms with E-state index in [0.29, 0.717) is 6.42 Å².